The molecule has 116 valence electrons. The molecule has 1 N–H and O–H groups in total. The Balaban J connectivity index is 1.90. The van der Waals surface area contributed by atoms with Crippen molar-refractivity contribution in [3.8, 4) is 0 Å². The minimum atomic E-state index is -0.610. The molecule has 0 unspecified atom stereocenters. The van der Waals surface area contributed by atoms with E-state index < -0.39 is 11.9 Å². The van der Waals surface area contributed by atoms with Crippen LogP contribution < -0.4 is 5.32 Å². The first-order valence-corrected chi connectivity index (χ1v) is 7.37. The third-order valence-electron chi connectivity index (χ3n) is 2.70. The third kappa shape index (κ3) is 4.14. The van der Waals surface area contributed by atoms with Gasteiger partial charge in [0.15, 0.2) is 6.61 Å². The van der Waals surface area contributed by atoms with Crippen molar-refractivity contribution in [1.82, 2.24) is 14.8 Å². The second-order valence-electron chi connectivity index (χ2n) is 4.77. The van der Waals surface area contributed by atoms with Crippen molar-refractivity contribution in [2.45, 2.75) is 19.9 Å². The number of amides is 1. The number of carbonyl (C=O) groups excluding carboxylic acids is 2. The number of ether oxygens (including phenoxy) is 1. The molecule has 2 rings (SSSR count). The Morgan fingerprint density at radius 1 is 1.41 bits per heavy atom. The zero-order chi connectivity index (χ0) is 16.1. The average molecular weight is 367 g/mol. The number of nitrogens with one attached hydrogen (secondary N) is 1. The van der Waals surface area contributed by atoms with E-state index in [9.17, 15) is 9.59 Å². The van der Waals surface area contributed by atoms with Crippen LogP contribution in [0.1, 0.15) is 30.2 Å². The van der Waals surface area contributed by atoms with Crippen LogP contribution in [0.25, 0.3) is 0 Å². The number of hydrogen-bond donors (Lipinski definition) is 1. The van der Waals surface area contributed by atoms with Gasteiger partial charge in [0.2, 0.25) is 0 Å². The maximum absolute atomic E-state index is 11.8. The first-order chi connectivity index (χ1) is 10.5. The molecule has 1 amide bonds. The van der Waals surface area contributed by atoms with E-state index in [2.05, 4.69) is 31.3 Å². The highest BCUT2D eigenvalue weighted by Gasteiger charge is 2.13. The van der Waals surface area contributed by atoms with Gasteiger partial charge >= 0.3 is 5.97 Å². The lowest BCUT2D eigenvalue weighted by atomic mass is 10.3. The summed E-state index contributed by atoms with van der Waals surface area (Å²) in [5, 5.41) is 6.75. The lowest BCUT2D eigenvalue weighted by Gasteiger charge is -2.11. The molecular weight excluding hydrogens is 352 g/mol. The van der Waals surface area contributed by atoms with E-state index in [0.717, 1.165) is 0 Å². The third-order valence-corrected chi connectivity index (χ3v) is 3.14. The van der Waals surface area contributed by atoms with Crippen molar-refractivity contribution in [3.63, 3.8) is 0 Å². The lowest BCUT2D eigenvalue weighted by Crippen LogP contribution is -2.23. The Hall–Kier alpha value is -2.22. The number of aromatic nitrogens is 3. The molecule has 0 fully saturated rings. The standard InChI is InChI=1S/C14H15BrN4O3/c1-9(2)19-12(3-4-17-19)18-13(20)8-22-14(21)10-5-11(15)7-16-6-10/h3-7,9H,8H2,1-2H3,(H,18,20). The van der Waals surface area contributed by atoms with Gasteiger partial charge in [-0.3, -0.25) is 9.78 Å². The molecule has 0 saturated carbocycles. The van der Waals surface area contributed by atoms with Crippen LogP contribution in [0.3, 0.4) is 0 Å². The van der Waals surface area contributed by atoms with Crippen molar-refractivity contribution in [1.29, 1.82) is 0 Å². The van der Waals surface area contributed by atoms with Gasteiger partial charge in [0.1, 0.15) is 5.82 Å². The molecule has 0 saturated heterocycles. The number of pyridine rings is 1. The van der Waals surface area contributed by atoms with Crippen LogP contribution >= 0.6 is 15.9 Å². The highest BCUT2D eigenvalue weighted by atomic mass is 79.9. The fourth-order valence-corrected chi connectivity index (χ4v) is 2.11. The Labute approximate surface area is 135 Å². The predicted octanol–water partition coefficient (Wildman–Crippen LogP) is 2.42. The molecule has 0 aromatic carbocycles. The van der Waals surface area contributed by atoms with Gasteiger partial charge in [-0.1, -0.05) is 0 Å². The van der Waals surface area contributed by atoms with E-state index in [1.54, 1.807) is 29.2 Å². The van der Waals surface area contributed by atoms with Gasteiger partial charge in [-0.2, -0.15) is 5.10 Å². The van der Waals surface area contributed by atoms with Gasteiger partial charge < -0.3 is 10.1 Å². The summed E-state index contributed by atoms with van der Waals surface area (Å²) in [7, 11) is 0. The zero-order valence-corrected chi connectivity index (χ0v) is 13.7. The van der Waals surface area contributed by atoms with Crippen LogP contribution in [0.2, 0.25) is 0 Å². The highest BCUT2D eigenvalue weighted by Crippen LogP contribution is 2.13. The monoisotopic (exact) mass is 366 g/mol. The van der Waals surface area contributed by atoms with Gasteiger partial charge in [-0.25, -0.2) is 9.48 Å². The molecule has 0 atom stereocenters. The van der Waals surface area contributed by atoms with Crippen LogP contribution in [0.4, 0.5) is 5.82 Å². The molecule has 0 radical (unpaired) electrons. The summed E-state index contributed by atoms with van der Waals surface area (Å²) in [6.07, 6.45) is 4.52. The summed E-state index contributed by atoms with van der Waals surface area (Å²) in [5.41, 5.74) is 0.273. The normalized spacial score (nSPS) is 10.5. The molecule has 2 aromatic rings. The molecule has 0 spiro atoms. The number of hydrogen-bond acceptors (Lipinski definition) is 5. The molecule has 0 aliphatic rings. The number of nitrogens with zero attached hydrogens (tertiary/aromatic N) is 3. The largest absolute Gasteiger partial charge is 0.452 e. The van der Waals surface area contributed by atoms with Crippen LogP contribution in [-0.2, 0) is 9.53 Å². The maximum Gasteiger partial charge on any atom is 0.340 e. The van der Waals surface area contributed by atoms with Crippen LogP contribution in [-0.4, -0.2) is 33.2 Å². The van der Waals surface area contributed by atoms with Crippen LogP contribution in [0, 0.1) is 0 Å². The quantitative estimate of drug-likeness (QED) is 0.821. The fraction of sp³-hybridized carbons (Fsp3) is 0.286. The Bertz CT molecular complexity index is 684. The highest BCUT2D eigenvalue weighted by molar-refractivity contribution is 9.10. The van der Waals surface area contributed by atoms with Gasteiger partial charge in [-0.15, -0.1) is 0 Å². The summed E-state index contributed by atoms with van der Waals surface area (Å²) in [5.74, 6) is -0.486. The van der Waals surface area contributed by atoms with E-state index in [1.807, 2.05) is 13.8 Å². The summed E-state index contributed by atoms with van der Waals surface area (Å²) in [6.45, 7) is 3.51. The molecule has 0 aliphatic heterocycles. The Morgan fingerprint density at radius 2 is 2.18 bits per heavy atom. The number of anilines is 1. The molecule has 7 nitrogen and oxygen atoms in total. The van der Waals surface area contributed by atoms with Crippen molar-refractivity contribution in [3.05, 3.63) is 40.8 Å². The topological polar surface area (TPSA) is 86.1 Å². The van der Waals surface area contributed by atoms with E-state index in [4.69, 9.17) is 4.74 Å². The fourth-order valence-electron chi connectivity index (χ4n) is 1.74. The summed E-state index contributed by atoms with van der Waals surface area (Å²) >= 11 is 3.21. The zero-order valence-electron chi connectivity index (χ0n) is 12.1. The average Bonchev–Trinajstić information content (AvgIpc) is 2.93. The SMILES string of the molecule is CC(C)n1nccc1NC(=O)COC(=O)c1cncc(Br)c1. The van der Waals surface area contributed by atoms with E-state index in [0.29, 0.717) is 10.3 Å². The Kier molecular flexibility index (Phi) is 5.26. The molecule has 2 aromatic heterocycles. The van der Waals surface area contributed by atoms with Gasteiger partial charge in [0, 0.05) is 29.0 Å². The summed E-state index contributed by atoms with van der Waals surface area (Å²) in [6, 6.07) is 3.36. The Morgan fingerprint density at radius 3 is 2.86 bits per heavy atom. The van der Waals surface area contributed by atoms with Crippen molar-refractivity contribution < 1.29 is 14.3 Å². The molecule has 0 bridgehead atoms. The molecule has 8 heteroatoms. The van der Waals surface area contributed by atoms with E-state index in [-0.39, 0.29) is 18.2 Å². The predicted molar refractivity (Wildman–Crippen MR) is 83.5 cm³/mol. The smallest absolute Gasteiger partial charge is 0.340 e. The number of carbonyl (C=O) groups is 2. The van der Waals surface area contributed by atoms with Crippen molar-refractivity contribution in [2.24, 2.45) is 0 Å². The molecule has 0 aliphatic carbocycles. The first-order valence-electron chi connectivity index (χ1n) is 6.58. The summed E-state index contributed by atoms with van der Waals surface area (Å²) < 4.78 is 7.28. The van der Waals surface area contributed by atoms with E-state index >= 15 is 0 Å². The number of halogens is 1. The van der Waals surface area contributed by atoms with Gasteiger partial charge in [-0.05, 0) is 35.8 Å². The number of esters is 1. The first kappa shape index (κ1) is 16.2. The van der Waals surface area contributed by atoms with Crippen LogP contribution in [0.15, 0.2) is 35.2 Å². The molecular formula is C14H15BrN4O3. The minimum Gasteiger partial charge on any atom is -0.452 e. The second-order valence-corrected chi connectivity index (χ2v) is 5.69. The van der Waals surface area contributed by atoms with Crippen LogP contribution in [0.5, 0.6) is 0 Å². The summed E-state index contributed by atoms with van der Waals surface area (Å²) in [4.78, 5) is 27.5. The van der Waals surface area contributed by atoms with E-state index in [1.165, 1.54) is 6.20 Å². The van der Waals surface area contributed by atoms with Gasteiger partial charge in [0.05, 0.1) is 11.8 Å². The van der Waals surface area contributed by atoms with Crippen molar-refractivity contribution >= 4 is 33.6 Å². The van der Waals surface area contributed by atoms with Gasteiger partial charge in [0.25, 0.3) is 5.91 Å². The molecule has 22 heavy (non-hydrogen) atoms. The second kappa shape index (κ2) is 7.17. The van der Waals surface area contributed by atoms with Crippen molar-refractivity contribution in [2.75, 3.05) is 11.9 Å². The lowest BCUT2D eigenvalue weighted by molar-refractivity contribution is -0.119. The maximum atomic E-state index is 11.8. The minimum absolute atomic E-state index is 0.112. The number of rotatable bonds is 5. The molecule has 2 heterocycles.